The van der Waals surface area contributed by atoms with E-state index in [1.807, 2.05) is 6.92 Å². The van der Waals surface area contributed by atoms with Gasteiger partial charge in [0.15, 0.2) is 0 Å². The van der Waals surface area contributed by atoms with Crippen LogP contribution >= 0.6 is 11.6 Å². The minimum absolute atomic E-state index is 0.0334. The number of nitrogens with zero attached hydrogens (tertiary/aromatic N) is 1. The lowest BCUT2D eigenvalue weighted by Crippen LogP contribution is -2.36. The lowest BCUT2D eigenvalue weighted by atomic mass is 10.1. The first-order valence-electron chi connectivity index (χ1n) is 5.83. The first kappa shape index (κ1) is 13.5. The van der Waals surface area contributed by atoms with Crippen LogP contribution in [0, 0.1) is 5.82 Å². The van der Waals surface area contributed by atoms with Crippen LogP contribution in [-0.2, 0) is 6.54 Å². The van der Waals surface area contributed by atoms with Crippen LogP contribution in [0.3, 0.4) is 0 Å². The molecule has 0 aliphatic carbocycles. The molecule has 0 aliphatic rings. The maximum Gasteiger partial charge on any atom is 0.329 e. The number of aromatic amines is 1. The molecule has 0 radical (unpaired) electrons. The van der Waals surface area contributed by atoms with Crippen LogP contribution in [0.2, 0.25) is 5.15 Å². The van der Waals surface area contributed by atoms with Crippen LogP contribution in [0.1, 0.15) is 13.3 Å². The highest BCUT2D eigenvalue weighted by atomic mass is 35.5. The van der Waals surface area contributed by atoms with E-state index in [1.54, 1.807) is 0 Å². The Morgan fingerprint density at radius 2 is 1.89 bits per heavy atom. The van der Waals surface area contributed by atoms with E-state index in [1.165, 1.54) is 24.3 Å². The molecule has 19 heavy (non-hydrogen) atoms. The number of rotatable bonds is 3. The molecule has 0 fully saturated rings. The van der Waals surface area contributed by atoms with Gasteiger partial charge in [-0.25, -0.2) is 9.18 Å². The smallest absolute Gasteiger partial charge is 0.297 e. The maximum atomic E-state index is 12.9. The third-order valence-corrected chi connectivity index (χ3v) is 3.00. The van der Waals surface area contributed by atoms with Crippen LogP contribution in [0.25, 0.3) is 11.1 Å². The molecular weight excluding hydrogens is 271 g/mol. The summed E-state index contributed by atoms with van der Waals surface area (Å²) in [5.41, 5.74) is -0.364. The highest BCUT2D eigenvalue weighted by Crippen LogP contribution is 2.21. The standard InChI is InChI=1S/C13H12ClFN2O2/c1-2-7-17-12(18)10(11(14)16-13(17)19)8-3-5-9(15)6-4-8/h3-6H,2,7H2,1H3,(H,16,19). The molecule has 0 saturated heterocycles. The van der Waals surface area contributed by atoms with Crippen LogP contribution in [0.4, 0.5) is 4.39 Å². The molecular formula is C13H12ClFN2O2. The van der Waals surface area contributed by atoms with E-state index in [0.29, 0.717) is 18.5 Å². The van der Waals surface area contributed by atoms with Gasteiger partial charge >= 0.3 is 5.69 Å². The molecule has 0 aliphatic heterocycles. The highest BCUT2D eigenvalue weighted by molar-refractivity contribution is 6.32. The first-order valence-corrected chi connectivity index (χ1v) is 6.21. The highest BCUT2D eigenvalue weighted by Gasteiger charge is 2.14. The Morgan fingerprint density at radius 1 is 1.26 bits per heavy atom. The monoisotopic (exact) mass is 282 g/mol. The molecule has 0 saturated carbocycles. The van der Waals surface area contributed by atoms with Crippen molar-refractivity contribution in [3.05, 3.63) is 56.1 Å². The van der Waals surface area contributed by atoms with Crippen LogP contribution in [-0.4, -0.2) is 9.55 Å². The summed E-state index contributed by atoms with van der Waals surface area (Å²) in [5, 5.41) is -0.0334. The Kier molecular flexibility index (Phi) is 3.85. The largest absolute Gasteiger partial charge is 0.329 e. The number of nitrogens with one attached hydrogen (secondary N) is 1. The molecule has 2 aromatic rings. The van der Waals surface area contributed by atoms with Crippen molar-refractivity contribution in [2.45, 2.75) is 19.9 Å². The number of H-pyrrole nitrogens is 1. The summed E-state index contributed by atoms with van der Waals surface area (Å²) >= 11 is 5.92. The number of benzene rings is 1. The normalized spacial score (nSPS) is 10.7. The Balaban J connectivity index is 2.70. The number of hydrogen-bond acceptors (Lipinski definition) is 2. The molecule has 1 heterocycles. The van der Waals surface area contributed by atoms with E-state index in [4.69, 9.17) is 11.6 Å². The molecule has 4 nitrogen and oxygen atoms in total. The number of hydrogen-bond donors (Lipinski definition) is 1. The van der Waals surface area contributed by atoms with Crippen molar-refractivity contribution >= 4 is 11.6 Å². The van der Waals surface area contributed by atoms with E-state index < -0.39 is 17.1 Å². The lowest BCUT2D eigenvalue weighted by molar-refractivity contribution is 0.616. The number of halogens is 2. The van der Waals surface area contributed by atoms with Gasteiger partial charge < -0.3 is 0 Å². The van der Waals surface area contributed by atoms with Gasteiger partial charge in [-0.05, 0) is 24.1 Å². The summed E-state index contributed by atoms with van der Waals surface area (Å²) in [4.78, 5) is 26.3. The van der Waals surface area contributed by atoms with Gasteiger partial charge in [-0.2, -0.15) is 0 Å². The van der Waals surface area contributed by atoms with Gasteiger partial charge in [-0.1, -0.05) is 30.7 Å². The fraction of sp³-hybridized carbons (Fsp3) is 0.231. The molecule has 0 unspecified atom stereocenters. The fourth-order valence-corrected chi connectivity index (χ4v) is 2.11. The number of aromatic nitrogens is 2. The molecule has 2 rings (SSSR count). The minimum Gasteiger partial charge on any atom is -0.297 e. The van der Waals surface area contributed by atoms with Crippen molar-refractivity contribution < 1.29 is 4.39 Å². The van der Waals surface area contributed by atoms with Crippen LogP contribution < -0.4 is 11.2 Å². The molecule has 100 valence electrons. The third-order valence-electron chi connectivity index (χ3n) is 2.72. The van der Waals surface area contributed by atoms with E-state index in [-0.39, 0.29) is 10.7 Å². The summed E-state index contributed by atoms with van der Waals surface area (Å²) in [5.74, 6) is -0.404. The topological polar surface area (TPSA) is 54.9 Å². The molecule has 0 spiro atoms. The average molecular weight is 283 g/mol. The second-order valence-electron chi connectivity index (χ2n) is 4.08. The Bertz CT molecular complexity index is 704. The van der Waals surface area contributed by atoms with E-state index >= 15 is 0 Å². The summed E-state index contributed by atoms with van der Waals surface area (Å²) in [6.07, 6.45) is 0.646. The van der Waals surface area contributed by atoms with Crippen molar-refractivity contribution in [3.63, 3.8) is 0 Å². The van der Waals surface area contributed by atoms with Gasteiger partial charge in [-0.15, -0.1) is 0 Å². The van der Waals surface area contributed by atoms with E-state index in [0.717, 1.165) is 4.57 Å². The molecule has 0 atom stereocenters. The van der Waals surface area contributed by atoms with Gasteiger partial charge in [0.2, 0.25) is 0 Å². The zero-order valence-corrected chi connectivity index (χ0v) is 11.0. The fourth-order valence-electron chi connectivity index (χ4n) is 1.84. The van der Waals surface area contributed by atoms with Crippen molar-refractivity contribution in [1.29, 1.82) is 0 Å². The Labute approximate surface area is 113 Å². The predicted octanol–water partition coefficient (Wildman–Crippen LogP) is 2.41. The van der Waals surface area contributed by atoms with Gasteiger partial charge in [0.25, 0.3) is 5.56 Å². The zero-order chi connectivity index (χ0) is 14.0. The van der Waals surface area contributed by atoms with Gasteiger partial charge in [-0.3, -0.25) is 14.3 Å². The van der Waals surface area contributed by atoms with Crippen molar-refractivity contribution in [1.82, 2.24) is 9.55 Å². The summed E-state index contributed by atoms with van der Waals surface area (Å²) < 4.78 is 14.0. The maximum absolute atomic E-state index is 12.9. The van der Waals surface area contributed by atoms with Crippen LogP contribution in [0.5, 0.6) is 0 Å². The average Bonchev–Trinajstić information content (AvgIpc) is 2.36. The summed E-state index contributed by atoms with van der Waals surface area (Å²) in [7, 11) is 0. The predicted molar refractivity (Wildman–Crippen MR) is 72.0 cm³/mol. The lowest BCUT2D eigenvalue weighted by Gasteiger charge is -2.08. The van der Waals surface area contributed by atoms with Crippen LogP contribution in [0.15, 0.2) is 33.9 Å². The van der Waals surface area contributed by atoms with Crippen molar-refractivity contribution in [2.24, 2.45) is 0 Å². The summed E-state index contributed by atoms with van der Waals surface area (Å²) in [6.45, 7) is 2.16. The van der Waals surface area contributed by atoms with Crippen molar-refractivity contribution in [3.8, 4) is 11.1 Å². The SMILES string of the molecule is CCCn1c(=O)[nH]c(Cl)c(-c2ccc(F)cc2)c1=O. The van der Waals surface area contributed by atoms with E-state index in [9.17, 15) is 14.0 Å². The van der Waals surface area contributed by atoms with Crippen molar-refractivity contribution in [2.75, 3.05) is 0 Å². The van der Waals surface area contributed by atoms with Gasteiger partial charge in [0.05, 0.1) is 5.56 Å². The second-order valence-corrected chi connectivity index (χ2v) is 4.46. The molecule has 6 heteroatoms. The zero-order valence-electron chi connectivity index (χ0n) is 10.2. The van der Waals surface area contributed by atoms with E-state index in [2.05, 4.69) is 4.98 Å². The quantitative estimate of drug-likeness (QED) is 0.879. The molecule has 0 bridgehead atoms. The molecule has 1 N–H and O–H groups in total. The van der Waals surface area contributed by atoms with Gasteiger partial charge in [0.1, 0.15) is 11.0 Å². The Hall–Kier alpha value is -1.88. The first-order chi connectivity index (χ1) is 9.04. The molecule has 0 amide bonds. The van der Waals surface area contributed by atoms with Gasteiger partial charge in [0, 0.05) is 6.54 Å². The minimum atomic E-state index is -0.539. The Morgan fingerprint density at radius 3 is 2.47 bits per heavy atom. The second kappa shape index (κ2) is 5.40. The third kappa shape index (κ3) is 2.61. The summed E-state index contributed by atoms with van der Waals surface area (Å²) in [6, 6.07) is 5.37. The molecule has 1 aromatic carbocycles. The molecule has 1 aromatic heterocycles.